The highest BCUT2D eigenvalue weighted by atomic mass is 16.5. The van der Waals surface area contributed by atoms with Gasteiger partial charge in [0, 0.05) is 31.5 Å². The van der Waals surface area contributed by atoms with E-state index >= 15 is 0 Å². The largest absolute Gasteiger partial charge is 0.357 e. The van der Waals surface area contributed by atoms with Crippen molar-refractivity contribution in [3.8, 4) is 0 Å². The molecule has 1 saturated carbocycles. The molecule has 1 aromatic heterocycles. The fraction of sp³-hybridized carbons (Fsp3) is 0.522. The van der Waals surface area contributed by atoms with Gasteiger partial charge in [-0.25, -0.2) is 4.68 Å². The summed E-state index contributed by atoms with van der Waals surface area (Å²) in [7, 11) is 1.87. The van der Waals surface area contributed by atoms with E-state index in [0.29, 0.717) is 5.56 Å². The fourth-order valence-electron chi connectivity index (χ4n) is 5.49. The maximum absolute atomic E-state index is 13.1. The number of rotatable bonds is 3. The number of aldehydes is 1. The van der Waals surface area contributed by atoms with Gasteiger partial charge in [0.05, 0.1) is 16.7 Å². The maximum atomic E-state index is 13.1. The summed E-state index contributed by atoms with van der Waals surface area (Å²) in [4.78, 5) is 26.7. The molecule has 2 fully saturated rings. The highest BCUT2D eigenvalue weighted by Crippen LogP contribution is 2.52. The Morgan fingerprint density at radius 3 is 2.69 bits per heavy atom. The molecular weight excluding hydrogens is 366 g/mol. The first-order valence-electron chi connectivity index (χ1n) is 10.7. The van der Waals surface area contributed by atoms with Crippen molar-refractivity contribution < 1.29 is 14.3 Å². The van der Waals surface area contributed by atoms with Crippen LogP contribution in [-0.4, -0.2) is 35.6 Å². The molecule has 0 N–H and O–H groups in total. The van der Waals surface area contributed by atoms with Crippen molar-refractivity contribution in [2.75, 3.05) is 18.6 Å². The van der Waals surface area contributed by atoms with E-state index in [0.717, 1.165) is 74.8 Å². The van der Waals surface area contributed by atoms with Gasteiger partial charge in [0.25, 0.3) is 0 Å². The Balaban J connectivity index is 1.39. The number of fused-ring (bicyclic) bond motifs is 2. The first-order chi connectivity index (χ1) is 14.1. The number of hydrogen-bond acceptors (Lipinski definition) is 4. The Morgan fingerprint density at radius 2 is 1.97 bits per heavy atom. The first kappa shape index (κ1) is 18.6. The number of likely N-dealkylation sites (N-methyl/N-ethyl adjacent to an activating group) is 1. The molecule has 2 aromatic rings. The van der Waals surface area contributed by atoms with Crippen molar-refractivity contribution >= 4 is 17.9 Å². The van der Waals surface area contributed by atoms with Gasteiger partial charge >= 0.3 is 0 Å². The summed E-state index contributed by atoms with van der Waals surface area (Å²) in [6.45, 7) is 0.747. The van der Waals surface area contributed by atoms with Gasteiger partial charge in [0.2, 0.25) is 5.91 Å². The second-order valence-electron chi connectivity index (χ2n) is 8.63. The monoisotopic (exact) mass is 393 g/mol. The fourth-order valence-corrected chi connectivity index (χ4v) is 5.49. The second-order valence-corrected chi connectivity index (χ2v) is 8.63. The van der Waals surface area contributed by atoms with Crippen molar-refractivity contribution in [3.63, 3.8) is 0 Å². The molecule has 1 saturated heterocycles. The molecule has 6 nitrogen and oxygen atoms in total. The molecule has 0 bridgehead atoms. The summed E-state index contributed by atoms with van der Waals surface area (Å²) >= 11 is 0. The van der Waals surface area contributed by atoms with E-state index in [-0.39, 0.29) is 18.1 Å². The van der Waals surface area contributed by atoms with Gasteiger partial charge in [0.15, 0.2) is 6.29 Å². The number of carbonyl (C=O) groups is 2. The van der Waals surface area contributed by atoms with E-state index in [1.807, 2.05) is 41.0 Å². The van der Waals surface area contributed by atoms with E-state index in [4.69, 9.17) is 9.84 Å². The van der Waals surface area contributed by atoms with Crippen LogP contribution in [0.1, 0.15) is 78.7 Å². The zero-order chi connectivity index (χ0) is 20.0. The Hall–Kier alpha value is -2.47. The Morgan fingerprint density at radius 1 is 1.17 bits per heavy atom. The van der Waals surface area contributed by atoms with Crippen molar-refractivity contribution in [1.82, 2.24) is 9.78 Å². The van der Waals surface area contributed by atoms with Gasteiger partial charge < -0.3 is 9.64 Å². The van der Waals surface area contributed by atoms with Gasteiger partial charge in [-0.05, 0) is 56.6 Å². The molecule has 1 amide bonds. The van der Waals surface area contributed by atoms with Gasteiger partial charge in [-0.2, -0.15) is 5.10 Å². The predicted octanol–water partition coefficient (Wildman–Crippen LogP) is 3.97. The van der Waals surface area contributed by atoms with Crippen LogP contribution in [0.4, 0.5) is 5.69 Å². The smallest absolute Gasteiger partial charge is 0.237 e. The molecule has 1 atom stereocenters. The molecule has 1 spiro atoms. The molecule has 1 aliphatic carbocycles. The minimum Gasteiger partial charge on any atom is -0.357 e. The van der Waals surface area contributed by atoms with Gasteiger partial charge in [-0.1, -0.05) is 18.2 Å². The van der Waals surface area contributed by atoms with Crippen LogP contribution in [-0.2, 0) is 14.9 Å². The molecule has 0 radical (unpaired) electrons. The standard InChI is InChI=1S/C23H27N3O3/c1-25-19-7-3-2-6-18(19)23(22(25)28)11-9-16(10-12-23)21-17(15-27)14-26(24-21)20-8-4-5-13-29-20/h2-3,6-7,14-16,20H,4-5,8-13H2,1H3. The van der Waals surface area contributed by atoms with Gasteiger partial charge in [0.1, 0.15) is 6.23 Å². The second kappa shape index (κ2) is 7.10. The van der Waals surface area contributed by atoms with Crippen LogP contribution < -0.4 is 4.90 Å². The number of amides is 1. The lowest BCUT2D eigenvalue weighted by Gasteiger charge is -2.36. The lowest BCUT2D eigenvalue weighted by atomic mass is 9.66. The third kappa shape index (κ3) is 2.84. The number of nitrogens with zero attached hydrogens (tertiary/aromatic N) is 3. The lowest BCUT2D eigenvalue weighted by Crippen LogP contribution is -2.41. The van der Waals surface area contributed by atoms with Crippen molar-refractivity contribution in [2.45, 2.75) is 62.5 Å². The van der Waals surface area contributed by atoms with Crippen LogP contribution in [0.3, 0.4) is 0 Å². The molecule has 29 heavy (non-hydrogen) atoms. The topological polar surface area (TPSA) is 64.4 Å². The van der Waals surface area contributed by atoms with E-state index in [1.54, 1.807) is 0 Å². The quantitative estimate of drug-likeness (QED) is 0.740. The number of ether oxygens (including phenoxy) is 1. The Bertz CT molecular complexity index is 937. The molecule has 3 aliphatic rings. The molecule has 6 heteroatoms. The highest BCUT2D eigenvalue weighted by molar-refractivity contribution is 6.07. The molecule has 5 rings (SSSR count). The lowest BCUT2D eigenvalue weighted by molar-refractivity contribution is -0.124. The predicted molar refractivity (Wildman–Crippen MR) is 109 cm³/mol. The van der Waals surface area contributed by atoms with Crippen LogP contribution in [0.15, 0.2) is 30.5 Å². The Kier molecular flexibility index (Phi) is 4.54. The summed E-state index contributed by atoms with van der Waals surface area (Å²) < 4.78 is 7.68. The number of aromatic nitrogens is 2. The van der Waals surface area contributed by atoms with Gasteiger partial charge in [-0.15, -0.1) is 0 Å². The number of benzene rings is 1. The number of carbonyl (C=O) groups excluding carboxylic acids is 2. The summed E-state index contributed by atoms with van der Waals surface area (Å²) in [5.74, 6) is 0.408. The summed E-state index contributed by atoms with van der Waals surface area (Å²) in [5, 5.41) is 4.79. The summed E-state index contributed by atoms with van der Waals surface area (Å²) in [5.41, 5.74) is 3.30. The SMILES string of the molecule is CN1C(=O)C2(CCC(c3nn(C4CCCCO4)cc3C=O)CC2)c2ccccc21. The first-order valence-corrected chi connectivity index (χ1v) is 10.7. The normalized spacial score (nSPS) is 29.3. The number of anilines is 1. The molecular formula is C23H27N3O3. The van der Waals surface area contributed by atoms with Crippen LogP contribution >= 0.6 is 0 Å². The molecule has 152 valence electrons. The van der Waals surface area contributed by atoms with Crippen molar-refractivity contribution in [2.24, 2.45) is 0 Å². The summed E-state index contributed by atoms with van der Waals surface area (Å²) in [6.07, 6.45) is 9.13. The van der Waals surface area contributed by atoms with Crippen LogP contribution in [0, 0.1) is 0 Å². The van der Waals surface area contributed by atoms with Crippen LogP contribution in [0.2, 0.25) is 0 Å². The zero-order valence-electron chi connectivity index (χ0n) is 16.8. The zero-order valence-corrected chi connectivity index (χ0v) is 16.8. The van der Waals surface area contributed by atoms with Crippen molar-refractivity contribution in [1.29, 1.82) is 0 Å². The molecule has 1 aromatic carbocycles. The maximum Gasteiger partial charge on any atom is 0.237 e. The van der Waals surface area contributed by atoms with Crippen molar-refractivity contribution in [3.05, 3.63) is 47.3 Å². The molecule has 3 heterocycles. The third-order valence-corrected chi connectivity index (χ3v) is 7.09. The van der Waals surface area contributed by atoms with E-state index in [2.05, 4.69) is 6.07 Å². The minimum atomic E-state index is -0.418. The molecule has 1 unspecified atom stereocenters. The van der Waals surface area contributed by atoms with Gasteiger partial charge in [-0.3, -0.25) is 9.59 Å². The van der Waals surface area contributed by atoms with Crippen LogP contribution in [0.5, 0.6) is 0 Å². The number of para-hydroxylation sites is 1. The number of hydrogen-bond donors (Lipinski definition) is 0. The average molecular weight is 393 g/mol. The van der Waals surface area contributed by atoms with E-state index in [9.17, 15) is 9.59 Å². The van der Waals surface area contributed by atoms with Crippen LogP contribution in [0.25, 0.3) is 0 Å². The van der Waals surface area contributed by atoms with E-state index < -0.39 is 5.41 Å². The highest BCUT2D eigenvalue weighted by Gasteiger charge is 2.51. The summed E-state index contributed by atoms with van der Waals surface area (Å²) in [6, 6.07) is 8.15. The molecule has 2 aliphatic heterocycles. The van der Waals surface area contributed by atoms with E-state index in [1.165, 1.54) is 0 Å². The average Bonchev–Trinajstić information content (AvgIpc) is 3.30. The minimum absolute atomic E-state index is 0.0666. The Labute approximate surface area is 170 Å². The third-order valence-electron chi connectivity index (χ3n) is 7.09.